The van der Waals surface area contributed by atoms with Gasteiger partial charge in [0.05, 0.1) is 0 Å². The molecule has 3 N–H and O–H groups in total. The van der Waals surface area contributed by atoms with E-state index in [1.165, 1.54) is 14.2 Å². The van der Waals surface area contributed by atoms with Crippen LogP contribution in [-0.2, 0) is 13.6 Å². The van der Waals surface area contributed by atoms with Gasteiger partial charge in [0.25, 0.3) is 0 Å². The third-order valence-electron chi connectivity index (χ3n) is 1.18. The van der Waals surface area contributed by atoms with Crippen molar-refractivity contribution < 1.29 is 28.7 Å². The Morgan fingerprint density at radius 3 is 2.17 bits per heavy atom. The molecule has 12 heavy (non-hydrogen) atoms. The van der Waals surface area contributed by atoms with Crippen LogP contribution in [0.3, 0.4) is 0 Å². The van der Waals surface area contributed by atoms with E-state index >= 15 is 0 Å². The van der Waals surface area contributed by atoms with E-state index in [1.807, 2.05) is 0 Å². The second-order valence-corrected chi connectivity index (χ2v) is 4.23. The maximum absolute atomic E-state index is 9.25. The van der Waals surface area contributed by atoms with E-state index in [2.05, 4.69) is 9.05 Å². The van der Waals surface area contributed by atoms with Crippen LogP contribution in [0.5, 0.6) is 0 Å². The summed E-state index contributed by atoms with van der Waals surface area (Å²) < 4.78 is 13.8. The Balaban J connectivity index is 3.72. The molecule has 0 saturated heterocycles. The van der Waals surface area contributed by atoms with Crippen molar-refractivity contribution in [3.8, 4) is 0 Å². The third kappa shape index (κ3) is 4.27. The molecular formula is C5H15O6P. The fourth-order valence-electron chi connectivity index (χ4n) is 0.455. The van der Waals surface area contributed by atoms with Gasteiger partial charge in [0, 0.05) is 0 Å². The molecule has 0 aliphatic heterocycles. The standard InChI is InChI=1S/C5H15O6P/c1-9-12(8,10-2)11-4-5(7)3-6/h5-8,12H,3-4H2,1-2H3/t5-/m0/s1. The Kier molecular flexibility index (Phi) is 5.86. The number of rotatable bonds is 6. The molecule has 0 bridgehead atoms. The summed E-state index contributed by atoms with van der Waals surface area (Å²) in [7, 11) is -1.07. The van der Waals surface area contributed by atoms with Gasteiger partial charge in [-0.3, -0.25) is 0 Å². The summed E-state index contributed by atoms with van der Waals surface area (Å²) >= 11 is 0. The first-order valence-corrected chi connectivity index (χ1v) is 5.00. The van der Waals surface area contributed by atoms with Crippen LogP contribution < -0.4 is 0 Å². The summed E-state index contributed by atoms with van der Waals surface area (Å²) in [6.45, 7) is -0.654. The molecule has 0 aliphatic carbocycles. The molecule has 0 aromatic rings. The summed E-state index contributed by atoms with van der Waals surface area (Å²) in [6.07, 6.45) is -1.03. The molecule has 7 heteroatoms. The van der Waals surface area contributed by atoms with Crippen LogP contribution in [0.4, 0.5) is 0 Å². The molecule has 0 amide bonds. The molecule has 0 heterocycles. The molecule has 0 spiro atoms. The van der Waals surface area contributed by atoms with Gasteiger partial charge in [-0.2, -0.15) is 0 Å². The average molecular weight is 202 g/mol. The molecule has 0 aromatic heterocycles. The second-order valence-electron chi connectivity index (χ2n) is 2.08. The van der Waals surface area contributed by atoms with Crippen LogP contribution in [0.2, 0.25) is 0 Å². The van der Waals surface area contributed by atoms with Gasteiger partial charge in [-0.25, -0.2) is 0 Å². The zero-order valence-electron chi connectivity index (χ0n) is 7.06. The van der Waals surface area contributed by atoms with E-state index in [0.29, 0.717) is 0 Å². The molecule has 0 aliphatic rings. The van der Waals surface area contributed by atoms with E-state index in [4.69, 9.17) is 14.7 Å². The van der Waals surface area contributed by atoms with Crippen LogP contribution in [-0.4, -0.2) is 48.6 Å². The van der Waals surface area contributed by atoms with Crippen molar-refractivity contribution in [1.29, 1.82) is 0 Å². The molecule has 0 saturated carbocycles. The van der Waals surface area contributed by atoms with Gasteiger partial charge < -0.3 is 0 Å². The summed E-state index contributed by atoms with van der Waals surface area (Å²) in [5, 5.41) is 17.2. The van der Waals surface area contributed by atoms with Gasteiger partial charge in [-0.05, 0) is 0 Å². The van der Waals surface area contributed by atoms with Crippen molar-refractivity contribution in [1.82, 2.24) is 0 Å². The topological polar surface area (TPSA) is 88.4 Å². The number of hydrogen-bond donors (Lipinski definition) is 3. The van der Waals surface area contributed by atoms with E-state index in [-0.39, 0.29) is 6.61 Å². The zero-order valence-corrected chi connectivity index (χ0v) is 8.06. The molecule has 0 radical (unpaired) electrons. The fourth-order valence-corrected chi connectivity index (χ4v) is 1.26. The minimum absolute atomic E-state index is 0.221. The number of aliphatic hydroxyl groups is 2. The Hall–Kier alpha value is 0.190. The maximum atomic E-state index is 9.25. The predicted octanol–water partition coefficient (Wildman–Crippen LogP) is -0.949. The quantitative estimate of drug-likeness (QED) is 0.481. The van der Waals surface area contributed by atoms with Crippen molar-refractivity contribution in [3.05, 3.63) is 0 Å². The summed E-state index contributed by atoms with van der Waals surface area (Å²) in [6, 6.07) is 0. The first-order chi connectivity index (χ1) is 5.58. The molecule has 0 fully saturated rings. The first-order valence-electron chi connectivity index (χ1n) is 3.33. The molecule has 0 aromatic carbocycles. The Bertz CT molecular complexity index is 117. The molecule has 0 unspecified atom stereocenters. The van der Waals surface area contributed by atoms with Crippen LogP contribution in [0.25, 0.3) is 0 Å². The Labute approximate surface area is 71.4 Å². The van der Waals surface area contributed by atoms with Crippen molar-refractivity contribution in [3.63, 3.8) is 0 Å². The van der Waals surface area contributed by atoms with Gasteiger partial charge >= 0.3 is 70.4 Å². The van der Waals surface area contributed by atoms with Gasteiger partial charge in [0.1, 0.15) is 0 Å². The molecule has 1 atom stereocenters. The summed E-state index contributed by atoms with van der Waals surface area (Å²) in [5.74, 6) is 0. The molecule has 0 rings (SSSR count). The van der Waals surface area contributed by atoms with Crippen molar-refractivity contribution in [2.45, 2.75) is 6.10 Å². The van der Waals surface area contributed by atoms with E-state index in [0.717, 1.165) is 0 Å². The summed E-state index contributed by atoms with van der Waals surface area (Å²) in [4.78, 5) is 9.25. The monoisotopic (exact) mass is 202 g/mol. The van der Waals surface area contributed by atoms with Crippen LogP contribution in [0.15, 0.2) is 0 Å². The van der Waals surface area contributed by atoms with E-state index in [1.54, 1.807) is 0 Å². The predicted molar refractivity (Wildman–Crippen MR) is 43.6 cm³/mol. The van der Waals surface area contributed by atoms with Crippen LogP contribution in [0, 0.1) is 0 Å². The van der Waals surface area contributed by atoms with Gasteiger partial charge in [-0.15, -0.1) is 0 Å². The minimum atomic E-state index is -3.55. The zero-order chi connectivity index (χ0) is 9.61. The van der Waals surface area contributed by atoms with Gasteiger partial charge in [-0.1, -0.05) is 0 Å². The molecular weight excluding hydrogens is 187 g/mol. The second kappa shape index (κ2) is 5.77. The van der Waals surface area contributed by atoms with Crippen molar-refractivity contribution in [2.24, 2.45) is 0 Å². The third-order valence-corrected chi connectivity index (χ3v) is 2.75. The van der Waals surface area contributed by atoms with E-state index < -0.39 is 20.9 Å². The van der Waals surface area contributed by atoms with E-state index in [9.17, 15) is 4.89 Å². The first kappa shape index (κ1) is 12.2. The van der Waals surface area contributed by atoms with Gasteiger partial charge in [0.2, 0.25) is 0 Å². The summed E-state index contributed by atoms with van der Waals surface area (Å²) in [5.41, 5.74) is 0. The normalized spacial score (nSPS) is 16.1. The van der Waals surface area contributed by atoms with Crippen molar-refractivity contribution in [2.75, 3.05) is 27.4 Å². The fraction of sp³-hybridized carbons (Fsp3) is 1.00. The van der Waals surface area contributed by atoms with Crippen LogP contribution >= 0.6 is 8.17 Å². The number of aliphatic hydroxyl groups excluding tert-OH is 2. The average Bonchev–Trinajstić information content (AvgIpc) is 2.13. The molecule has 6 nitrogen and oxygen atoms in total. The van der Waals surface area contributed by atoms with Crippen LogP contribution in [0.1, 0.15) is 0 Å². The Morgan fingerprint density at radius 2 is 1.83 bits per heavy atom. The van der Waals surface area contributed by atoms with Gasteiger partial charge in [0.15, 0.2) is 0 Å². The number of hydrogen-bond acceptors (Lipinski definition) is 6. The van der Waals surface area contributed by atoms with Crippen molar-refractivity contribution >= 4 is 8.17 Å². The SMILES string of the molecule is CO[PH](O)(OC)OC[C@@H](O)CO. The molecule has 76 valence electrons. The Morgan fingerprint density at radius 1 is 1.33 bits per heavy atom.